The molecule has 6 unspecified atom stereocenters. The van der Waals surface area contributed by atoms with Gasteiger partial charge in [-0.25, -0.2) is 0 Å². The zero-order valence-corrected chi connectivity index (χ0v) is 81.3. The second-order valence-electron chi connectivity index (χ2n) is 49.4. The molecule has 24 bridgehead atoms. The van der Waals surface area contributed by atoms with Gasteiger partial charge in [-0.1, -0.05) is 197 Å². The van der Waals surface area contributed by atoms with Gasteiger partial charge in [-0.15, -0.1) is 0 Å². The van der Waals surface area contributed by atoms with E-state index in [0.29, 0.717) is 128 Å². The fourth-order valence-electron chi connectivity index (χ4n) is 28.1. The van der Waals surface area contributed by atoms with Crippen LogP contribution in [0.25, 0.3) is 0 Å². The zero-order chi connectivity index (χ0) is 92.8. The number of amides is 3. The molecule has 19 rings (SSSR count). The highest BCUT2D eigenvalue weighted by Crippen LogP contribution is 2.66. The van der Waals surface area contributed by atoms with Crippen molar-refractivity contribution in [1.82, 2.24) is 16.0 Å². The predicted molar refractivity (Wildman–Crippen MR) is 505 cm³/mol. The Balaban J connectivity index is 0.909. The van der Waals surface area contributed by atoms with Gasteiger partial charge in [0.25, 0.3) is 17.7 Å². The van der Waals surface area contributed by atoms with Gasteiger partial charge >= 0.3 is 17.9 Å². The maximum atomic E-state index is 15.5. The minimum atomic E-state index is -0.794. The Kier molecular flexibility index (Phi) is 24.3. The maximum Gasteiger partial charge on any atom is 0.303 e. The van der Waals surface area contributed by atoms with Crippen LogP contribution in [0.4, 0.5) is 0 Å². The number of carbonyl (C=O) groups is 6. The first kappa shape index (κ1) is 93.2. The summed E-state index contributed by atoms with van der Waals surface area (Å²) in [5.41, 5.74) is 11.6. The highest BCUT2D eigenvalue weighted by Gasteiger charge is 2.62. The number of carboxylic acid groups (broad SMARTS) is 3. The average Bonchev–Trinajstić information content (AvgIpc) is 0.726. The number of ether oxygens (including phenoxy) is 6. The summed E-state index contributed by atoms with van der Waals surface area (Å²) in [5.74, 6) is 2.54. The van der Waals surface area contributed by atoms with Crippen molar-refractivity contribution in [2.75, 3.05) is 41.2 Å². The largest absolute Gasteiger partial charge is 0.496 e. The Morgan fingerprint density at radius 2 is 0.442 bits per heavy atom. The predicted octanol–water partition coefficient (Wildman–Crippen LogP) is 21.3. The van der Waals surface area contributed by atoms with Crippen molar-refractivity contribution in [3.8, 4) is 34.5 Å². The average molecular weight is 1760 g/mol. The number of nitrogens with one attached hydrogen (secondary N) is 3. The van der Waals surface area contributed by atoms with E-state index in [0.717, 1.165) is 196 Å². The van der Waals surface area contributed by atoms with Crippen molar-refractivity contribution in [2.24, 2.45) is 51.8 Å². The van der Waals surface area contributed by atoms with Crippen LogP contribution >= 0.6 is 0 Å². The number of hydrogen-bond donors (Lipinski definition) is 6. The molecule has 6 N–H and O–H groups in total. The summed E-state index contributed by atoms with van der Waals surface area (Å²) in [7, 11) is 5.24. The number of fused-ring (bicyclic) bond motifs is 12. The first-order valence-corrected chi connectivity index (χ1v) is 48.3. The van der Waals surface area contributed by atoms with Crippen LogP contribution in [0.1, 0.15) is 360 Å². The molecule has 696 valence electrons. The van der Waals surface area contributed by atoms with Gasteiger partial charge in [-0.2, -0.15) is 0 Å². The molecule has 13 aliphatic carbocycles. The van der Waals surface area contributed by atoms with Crippen LogP contribution in [0.15, 0.2) is 72.8 Å². The van der Waals surface area contributed by atoms with Crippen LogP contribution in [0.5, 0.6) is 34.5 Å². The molecule has 0 spiro atoms. The lowest BCUT2D eigenvalue weighted by Crippen LogP contribution is -2.63. The van der Waals surface area contributed by atoms with E-state index >= 15 is 14.4 Å². The lowest BCUT2D eigenvalue weighted by atomic mass is 9.46. The highest BCUT2D eigenvalue weighted by molar-refractivity contribution is 5.81. The molecule has 18 nitrogen and oxygen atoms in total. The van der Waals surface area contributed by atoms with E-state index in [2.05, 4.69) is 213 Å². The number of carbonyl (C=O) groups excluding carboxylic acids is 3. The van der Waals surface area contributed by atoms with Gasteiger partial charge in [0.15, 0.2) is 19.8 Å². The van der Waals surface area contributed by atoms with Crippen molar-refractivity contribution in [1.29, 1.82) is 0 Å². The first-order valence-electron chi connectivity index (χ1n) is 48.3. The third-order valence-corrected chi connectivity index (χ3v) is 31.9. The quantitative estimate of drug-likeness (QED) is 0.0391. The van der Waals surface area contributed by atoms with Gasteiger partial charge in [0.1, 0.15) is 34.5 Å². The van der Waals surface area contributed by atoms with E-state index in [1.165, 1.54) is 0 Å². The van der Waals surface area contributed by atoms with Gasteiger partial charge < -0.3 is 59.7 Å². The number of methoxy groups -OCH3 is 3. The number of rotatable bonds is 21. The molecule has 129 heavy (non-hydrogen) atoms. The molecule has 6 aromatic rings. The fourth-order valence-corrected chi connectivity index (χ4v) is 28.1. The van der Waals surface area contributed by atoms with Crippen molar-refractivity contribution in [3.63, 3.8) is 0 Å². The van der Waals surface area contributed by atoms with Crippen LogP contribution in [0.3, 0.4) is 0 Å². The van der Waals surface area contributed by atoms with Crippen LogP contribution in [-0.2, 0) is 99.8 Å². The SMILES string of the molecule is COc1c2cc(C(C)(C)C)cc1Cc1cc(C(C)(C)C)cc(c1OCC(=O)NC13C[C@@H]4C[C@@H](CC(CC(=O)O)(C4)C1)C3)Cc1cc(C(C)(C)C)cc(c1OC)Cc1cc(C(C)(C)C)cc(c1OCC(=O)NC13C[C@@H]4C[C@@H](CC(CC(=O)O)(C4)C1)C3)Cc1cc(C(C)(C)C)cc(c1OC)Cc1cc(C(C)(C)C)cc(c1OCC(=O)NC13C[C@@H]4C[C@@H](CC(CC(=O)O)(C4)C1)C3)C2. The zero-order valence-electron chi connectivity index (χ0n) is 81.3. The van der Waals surface area contributed by atoms with Gasteiger partial charge in [0.05, 0.1) is 40.6 Å². The van der Waals surface area contributed by atoms with E-state index in [1.807, 2.05) is 0 Å². The molecule has 0 radical (unpaired) electrons. The summed E-state index contributed by atoms with van der Waals surface area (Å²) in [4.78, 5) is 84.4. The summed E-state index contributed by atoms with van der Waals surface area (Å²) < 4.78 is 43.1. The molecular weight excluding hydrogens is 1620 g/mol. The maximum absolute atomic E-state index is 15.5. The van der Waals surface area contributed by atoms with Crippen molar-refractivity contribution in [3.05, 3.63) is 173 Å². The lowest BCUT2D eigenvalue weighted by molar-refractivity contribution is -0.151. The minimum absolute atomic E-state index is 0.0893. The molecule has 0 saturated heterocycles. The fraction of sp³-hybridized carbons (Fsp3) is 0.622. The Morgan fingerprint density at radius 3 is 0.589 bits per heavy atom. The number of carboxylic acids is 3. The van der Waals surface area contributed by atoms with Gasteiger partial charge in [0.2, 0.25) is 0 Å². The summed E-state index contributed by atoms with van der Waals surface area (Å²) in [6, 6.07) is 27.2. The van der Waals surface area contributed by atoms with E-state index in [4.69, 9.17) is 28.4 Å². The lowest BCUT2D eigenvalue weighted by Gasteiger charge is -2.62. The Bertz CT molecular complexity index is 4710. The van der Waals surface area contributed by atoms with Gasteiger partial charge in [-0.3, -0.25) is 28.8 Å². The second kappa shape index (κ2) is 33.6. The topological polar surface area (TPSA) is 255 Å². The van der Waals surface area contributed by atoms with E-state index in [1.54, 1.807) is 21.3 Å². The van der Waals surface area contributed by atoms with E-state index in [9.17, 15) is 29.7 Å². The smallest absolute Gasteiger partial charge is 0.303 e. The molecule has 12 saturated carbocycles. The van der Waals surface area contributed by atoms with Crippen molar-refractivity contribution >= 4 is 35.6 Å². The number of aliphatic carboxylic acids is 3. The summed E-state index contributed by atoms with van der Waals surface area (Å²) in [6.07, 6.45) is 17.2. The molecule has 18 heteroatoms. The highest BCUT2D eigenvalue weighted by atomic mass is 16.5. The van der Waals surface area contributed by atoms with E-state index < -0.39 is 67.0 Å². The summed E-state index contributed by atoms with van der Waals surface area (Å²) in [5, 5.41) is 42.0. The molecule has 0 heterocycles. The van der Waals surface area contributed by atoms with Crippen LogP contribution in [-0.4, -0.2) is 109 Å². The summed E-state index contributed by atoms with van der Waals surface area (Å²) >= 11 is 0. The van der Waals surface area contributed by atoms with Crippen molar-refractivity contribution in [2.45, 2.75) is 347 Å². The molecule has 0 aliphatic heterocycles. The Morgan fingerprint density at radius 1 is 0.279 bits per heavy atom. The van der Waals surface area contributed by atoms with Crippen LogP contribution in [0.2, 0.25) is 0 Å². The molecule has 12 atom stereocenters. The molecule has 0 aromatic heterocycles. The Labute approximate surface area is 767 Å². The third kappa shape index (κ3) is 19.6. The van der Waals surface area contributed by atoms with Gasteiger partial charge in [0, 0.05) is 55.1 Å². The molecule has 12 fully saturated rings. The standard InChI is InChI=1S/C111H147N3O15/c1-100(2,3)82-31-70-25-76-37-85(103(10,11)12)39-78(97(76)127-58-88(115)112-109-49-64-22-65(50-109)44-106(43-64,61-109)55-91(118)119)27-72-33-83(101(4,5)6)35-74(95(72)125-20)29-80-41-87(105(16,17)18)42-81(99(80)129-60-90(117)114-111-53-68-24-69(54-111)48-108(47-68,63-111)57-93(122)123)30-75-36-84(102(7,8)9)34-73(96(75)126-21)28-79-40-86(104(13,14)15)38-77(26-71(32-82)94(70)124-19)98(79)128-59-89(116)113-110-51-66-23-67(52-110)46-107(45-66,62-110)56-92(120)121/h31-42,64-69H,22-30,43-63H2,1-21H3,(H,112,115)(H,113,116)(H,114,117)(H,118,119)(H,120,121)(H,122,123)/t64-,65+,66-,67+,68-,69+,106?,107?,108?,109?,110?,111?. The molecular formula is C111H147N3O15. The summed E-state index contributed by atoms with van der Waals surface area (Å²) in [6.45, 7) is 39.3. The van der Waals surface area contributed by atoms with Crippen LogP contribution in [0, 0.1) is 51.8 Å². The molecule has 3 amide bonds. The molecule has 13 aliphatic rings. The second-order valence-corrected chi connectivity index (χ2v) is 49.4. The molecule has 6 aromatic carbocycles. The number of hydrogen-bond acceptors (Lipinski definition) is 12. The normalized spacial score (nSPS) is 27.3. The Hall–Kier alpha value is -9.06. The third-order valence-electron chi connectivity index (χ3n) is 31.9. The number of benzene rings is 6. The van der Waals surface area contributed by atoms with E-state index in [-0.39, 0.29) is 73.0 Å². The van der Waals surface area contributed by atoms with Crippen LogP contribution < -0.4 is 44.4 Å². The minimum Gasteiger partial charge on any atom is -0.496 e. The first-order chi connectivity index (χ1) is 60.2. The van der Waals surface area contributed by atoms with Crippen molar-refractivity contribution < 1.29 is 72.5 Å². The monoisotopic (exact) mass is 1760 g/mol. The van der Waals surface area contributed by atoms with Gasteiger partial charge in [-0.05, 0) is 300 Å².